The molecule has 1 unspecified atom stereocenters. The number of nitrogens with zero attached hydrogens (tertiary/aromatic N) is 6. The summed E-state index contributed by atoms with van der Waals surface area (Å²) in [6.07, 6.45) is 0.874. The van der Waals surface area contributed by atoms with Gasteiger partial charge in [-0.15, -0.1) is 0 Å². The summed E-state index contributed by atoms with van der Waals surface area (Å²) in [5.74, 6) is 1.30. The number of amides is 3. The largest absolute Gasteiger partial charge is 0.353 e. The van der Waals surface area contributed by atoms with Crippen LogP contribution in [-0.4, -0.2) is 75.9 Å². The van der Waals surface area contributed by atoms with Crippen molar-refractivity contribution in [2.75, 3.05) is 42.5 Å². The Hall–Kier alpha value is -3.49. The molecule has 3 aliphatic rings. The molecule has 0 aliphatic carbocycles. The van der Waals surface area contributed by atoms with Crippen molar-refractivity contribution in [1.29, 1.82) is 0 Å². The van der Waals surface area contributed by atoms with E-state index in [4.69, 9.17) is 0 Å². The number of anilines is 2. The van der Waals surface area contributed by atoms with Gasteiger partial charge in [0, 0.05) is 44.4 Å². The summed E-state index contributed by atoms with van der Waals surface area (Å²) >= 11 is 0. The molecule has 3 aliphatic heterocycles. The van der Waals surface area contributed by atoms with Crippen molar-refractivity contribution in [2.24, 2.45) is 0 Å². The zero-order valence-corrected chi connectivity index (χ0v) is 19.2. The minimum atomic E-state index is -0.823. The highest BCUT2D eigenvalue weighted by atomic mass is 16.2. The fraction of sp³-hybridized carbons (Fsp3) is 0.458. The van der Waals surface area contributed by atoms with Crippen LogP contribution in [-0.2, 0) is 9.59 Å². The van der Waals surface area contributed by atoms with E-state index in [9.17, 15) is 14.4 Å². The number of fused-ring (bicyclic) bond motifs is 3. The molecule has 1 aromatic carbocycles. The van der Waals surface area contributed by atoms with E-state index in [1.807, 2.05) is 39.0 Å². The lowest BCUT2D eigenvalue weighted by Gasteiger charge is -2.49. The van der Waals surface area contributed by atoms with Gasteiger partial charge in [0.05, 0.1) is 11.3 Å². The van der Waals surface area contributed by atoms with Gasteiger partial charge < -0.3 is 14.7 Å². The second-order valence-electron chi connectivity index (χ2n) is 9.14. The fourth-order valence-corrected chi connectivity index (χ4v) is 5.22. The quantitative estimate of drug-likeness (QED) is 0.711. The Balaban J connectivity index is 1.32. The number of aromatic nitrogens is 2. The zero-order valence-electron chi connectivity index (χ0n) is 19.2. The third-order valence-electron chi connectivity index (χ3n) is 6.95. The molecule has 4 heterocycles. The SMILES string of the molecule is Cc1cc(N2CCN(C(=O)CN3C(=O)c4ccccc4N4C(=O)CCC34C)CC2)nc(C)n1. The lowest BCUT2D eigenvalue weighted by Crippen LogP contribution is -2.64. The predicted molar refractivity (Wildman–Crippen MR) is 123 cm³/mol. The minimum Gasteiger partial charge on any atom is -0.353 e. The molecule has 0 N–H and O–H groups in total. The van der Waals surface area contributed by atoms with Crippen LogP contribution in [0, 0.1) is 13.8 Å². The predicted octanol–water partition coefficient (Wildman–Crippen LogP) is 1.74. The Bertz CT molecular complexity index is 1120. The van der Waals surface area contributed by atoms with Crippen LogP contribution in [0.4, 0.5) is 11.5 Å². The van der Waals surface area contributed by atoms with E-state index in [1.165, 1.54) is 0 Å². The monoisotopic (exact) mass is 448 g/mol. The van der Waals surface area contributed by atoms with Gasteiger partial charge in [-0.25, -0.2) is 9.97 Å². The molecule has 2 aromatic rings. The molecular formula is C24H28N6O3. The van der Waals surface area contributed by atoms with Crippen LogP contribution in [0.5, 0.6) is 0 Å². The molecule has 9 nitrogen and oxygen atoms in total. The molecule has 1 aromatic heterocycles. The number of para-hydroxylation sites is 1. The number of carbonyl (C=O) groups is 3. The van der Waals surface area contributed by atoms with Crippen molar-refractivity contribution in [2.45, 2.75) is 39.3 Å². The minimum absolute atomic E-state index is 0.0149. The first kappa shape index (κ1) is 21.4. The Morgan fingerprint density at radius 2 is 1.79 bits per heavy atom. The number of carbonyl (C=O) groups excluding carboxylic acids is 3. The summed E-state index contributed by atoms with van der Waals surface area (Å²) < 4.78 is 0. The smallest absolute Gasteiger partial charge is 0.258 e. The second kappa shape index (κ2) is 7.83. The number of aryl methyl sites for hydroxylation is 2. The van der Waals surface area contributed by atoms with Gasteiger partial charge in [0.1, 0.15) is 23.8 Å². The van der Waals surface area contributed by atoms with Crippen molar-refractivity contribution in [3.8, 4) is 0 Å². The maximum absolute atomic E-state index is 13.4. The first-order chi connectivity index (χ1) is 15.8. The number of benzene rings is 1. The molecule has 0 spiro atoms. The molecule has 9 heteroatoms. The van der Waals surface area contributed by atoms with Crippen molar-refractivity contribution < 1.29 is 14.4 Å². The summed E-state index contributed by atoms with van der Waals surface area (Å²) in [6, 6.07) is 9.12. The number of hydrogen-bond acceptors (Lipinski definition) is 6. The van der Waals surface area contributed by atoms with Gasteiger partial charge in [0.2, 0.25) is 11.8 Å². The molecule has 0 bridgehead atoms. The van der Waals surface area contributed by atoms with Crippen molar-refractivity contribution >= 4 is 29.2 Å². The molecule has 5 rings (SSSR count). The summed E-state index contributed by atoms with van der Waals surface area (Å²) in [6.45, 7) is 8.11. The van der Waals surface area contributed by atoms with Crippen molar-refractivity contribution in [3.05, 3.63) is 47.4 Å². The molecular weight excluding hydrogens is 420 g/mol. The summed E-state index contributed by atoms with van der Waals surface area (Å²) in [7, 11) is 0. The Labute approximate surface area is 193 Å². The lowest BCUT2D eigenvalue weighted by molar-refractivity contribution is -0.133. The zero-order chi connectivity index (χ0) is 23.3. The highest BCUT2D eigenvalue weighted by molar-refractivity contribution is 6.11. The van der Waals surface area contributed by atoms with E-state index in [-0.39, 0.29) is 24.3 Å². The summed E-state index contributed by atoms with van der Waals surface area (Å²) in [5.41, 5.74) is 1.21. The third-order valence-corrected chi connectivity index (χ3v) is 6.95. The topological polar surface area (TPSA) is 90.0 Å². The van der Waals surface area contributed by atoms with Crippen molar-refractivity contribution in [3.63, 3.8) is 0 Å². The van der Waals surface area contributed by atoms with E-state index in [2.05, 4.69) is 14.9 Å². The number of piperazine rings is 1. The van der Waals surface area contributed by atoms with Gasteiger partial charge in [-0.2, -0.15) is 0 Å². The van der Waals surface area contributed by atoms with Gasteiger partial charge in [-0.3, -0.25) is 19.3 Å². The standard InChI is InChI=1S/C24H28N6O3/c1-16-14-20(26-17(2)25-16)27-10-12-28(13-11-27)22(32)15-29-23(33)18-6-4-5-7-19(18)30-21(31)8-9-24(29,30)3/h4-7,14H,8-13,15H2,1-3H3. The molecule has 172 valence electrons. The van der Waals surface area contributed by atoms with Gasteiger partial charge in [-0.05, 0) is 39.3 Å². The van der Waals surface area contributed by atoms with Crippen LogP contribution in [0.2, 0.25) is 0 Å². The number of rotatable bonds is 3. The Morgan fingerprint density at radius 1 is 1.06 bits per heavy atom. The lowest BCUT2D eigenvalue weighted by atomic mass is 9.98. The fourth-order valence-electron chi connectivity index (χ4n) is 5.22. The average Bonchev–Trinajstić information content (AvgIpc) is 3.11. The molecule has 33 heavy (non-hydrogen) atoms. The second-order valence-corrected chi connectivity index (χ2v) is 9.14. The maximum atomic E-state index is 13.4. The van der Waals surface area contributed by atoms with E-state index in [0.717, 1.165) is 17.3 Å². The highest BCUT2D eigenvalue weighted by Gasteiger charge is 2.53. The van der Waals surface area contributed by atoms with Crippen LogP contribution >= 0.6 is 0 Å². The third kappa shape index (κ3) is 3.51. The van der Waals surface area contributed by atoms with Crippen LogP contribution in [0.3, 0.4) is 0 Å². The van der Waals surface area contributed by atoms with Crippen LogP contribution in [0.15, 0.2) is 30.3 Å². The normalized spacial score (nSPS) is 22.5. The molecule has 3 amide bonds. The first-order valence-electron chi connectivity index (χ1n) is 11.4. The molecule has 2 saturated heterocycles. The summed E-state index contributed by atoms with van der Waals surface area (Å²) in [4.78, 5) is 55.5. The van der Waals surface area contributed by atoms with Crippen molar-refractivity contribution in [1.82, 2.24) is 19.8 Å². The van der Waals surface area contributed by atoms with Gasteiger partial charge in [0.25, 0.3) is 5.91 Å². The van der Waals surface area contributed by atoms with Crippen LogP contribution in [0.25, 0.3) is 0 Å². The Kier molecular flexibility index (Phi) is 5.07. The van der Waals surface area contributed by atoms with E-state index >= 15 is 0 Å². The highest BCUT2D eigenvalue weighted by Crippen LogP contribution is 2.43. The average molecular weight is 449 g/mol. The van der Waals surface area contributed by atoms with Gasteiger partial charge >= 0.3 is 0 Å². The molecule has 1 atom stereocenters. The van der Waals surface area contributed by atoms with Crippen LogP contribution in [0.1, 0.15) is 41.6 Å². The molecule has 0 radical (unpaired) electrons. The molecule has 0 saturated carbocycles. The Morgan fingerprint density at radius 3 is 2.52 bits per heavy atom. The van der Waals surface area contributed by atoms with Crippen LogP contribution < -0.4 is 9.80 Å². The van der Waals surface area contributed by atoms with Gasteiger partial charge in [-0.1, -0.05) is 12.1 Å². The van der Waals surface area contributed by atoms with E-state index in [0.29, 0.717) is 50.3 Å². The number of hydrogen-bond donors (Lipinski definition) is 0. The van der Waals surface area contributed by atoms with E-state index in [1.54, 1.807) is 26.8 Å². The maximum Gasteiger partial charge on any atom is 0.258 e. The van der Waals surface area contributed by atoms with Gasteiger partial charge in [0.15, 0.2) is 0 Å². The first-order valence-corrected chi connectivity index (χ1v) is 11.4. The molecule has 2 fully saturated rings. The van der Waals surface area contributed by atoms with E-state index < -0.39 is 5.66 Å². The summed E-state index contributed by atoms with van der Waals surface area (Å²) in [5, 5.41) is 0.